The van der Waals surface area contributed by atoms with Gasteiger partial charge in [-0.2, -0.15) is 0 Å². The van der Waals surface area contributed by atoms with Gasteiger partial charge in [0.15, 0.2) is 0 Å². The number of benzene rings is 1. The van der Waals surface area contributed by atoms with E-state index in [0.29, 0.717) is 17.6 Å². The average Bonchev–Trinajstić information content (AvgIpc) is 2.39. The Morgan fingerprint density at radius 1 is 1.32 bits per heavy atom. The molecule has 4 heteroatoms. The third kappa shape index (κ3) is 4.10. The normalized spacial score (nSPS) is 12.8. The molecule has 0 spiro atoms. The molecule has 0 bridgehead atoms. The predicted molar refractivity (Wildman–Crippen MR) is 82.9 cm³/mol. The van der Waals surface area contributed by atoms with Gasteiger partial charge in [-0.25, -0.2) is 0 Å². The van der Waals surface area contributed by atoms with Crippen LogP contribution in [-0.2, 0) is 0 Å². The topological polar surface area (TPSA) is 49.5 Å². The first-order chi connectivity index (χ1) is 9.04. The highest BCUT2D eigenvalue weighted by Gasteiger charge is 2.18. The summed E-state index contributed by atoms with van der Waals surface area (Å²) in [6.07, 6.45) is 2.06. The number of nitrogens with zero attached hydrogens (tertiary/aromatic N) is 1. The van der Waals surface area contributed by atoms with Crippen molar-refractivity contribution < 1.29 is 5.11 Å². The molecule has 0 heterocycles. The van der Waals surface area contributed by atoms with Gasteiger partial charge in [0.25, 0.3) is 0 Å². The molecule has 0 aliphatic carbocycles. The first-order valence-electron chi connectivity index (χ1n) is 6.97. The van der Waals surface area contributed by atoms with Gasteiger partial charge in [-0.3, -0.25) is 0 Å². The van der Waals surface area contributed by atoms with Crippen LogP contribution in [0.5, 0.6) is 0 Å². The molecule has 3 nitrogen and oxygen atoms in total. The second-order valence-electron chi connectivity index (χ2n) is 4.89. The van der Waals surface area contributed by atoms with Gasteiger partial charge in [0.2, 0.25) is 0 Å². The maximum atomic E-state index is 9.27. The van der Waals surface area contributed by atoms with Crippen LogP contribution < -0.4 is 10.6 Å². The van der Waals surface area contributed by atoms with Gasteiger partial charge in [0.1, 0.15) is 0 Å². The summed E-state index contributed by atoms with van der Waals surface area (Å²) in [7, 11) is 0. The van der Waals surface area contributed by atoms with Crippen LogP contribution in [0.4, 0.5) is 5.69 Å². The fourth-order valence-electron chi connectivity index (χ4n) is 2.38. The van der Waals surface area contributed by atoms with E-state index in [0.717, 1.165) is 24.1 Å². The molecule has 0 aromatic heterocycles. The first kappa shape index (κ1) is 16.3. The van der Waals surface area contributed by atoms with Crippen LogP contribution >= 0.6 is 11.6 Å². The van der Waals surface area contributed by atoms with Crippen molar-refractivity contribution in [3.8, 4) is 0 Å². The molecule has 0 radical (unpaired) electrons. The summed E-state index contributed by atoms with van der Waals surface area (Å²) >= 11 is 6.38. The van der Waals surface area contributed by atoms with Crippen molar-refractivity contribution in [2.24, 2.45) is 5.73 Å². The van der Waals surface area contributed by atoms with E-state index in [1.54, 1.807) is 0 Å². The van der Waals surface area contributed by atoms with Crippen LogP contribution in [0.15, 0.2) is 18.2 Å². The minimum absolute atomic E-state index is 0.0222. The zero-order valence-electron chi connectivity index (χ0n) is 12.1. The Morgan fingerprint density at radius 2 is 1.95 bits per heavy atom. The van der Waals surface area contributed by atoms with Crippen molar-refractivity contribution in [2.45, 2.75) is 45.7 Å². The third-order valence-electron chi connectivity index (χ3n) is 3.53. The zero-order valence-corrected chi connectivity index (χ0v) is 12.8. The lowest BCUT2D eigenvalue weighted by Crippen LogP contribution is -2.37. The molecule has 0 aliphatic rings. The SMILES string of the molecule is CCC(CC)N(CCO)c1ccc(C(C)N)cc1Cl. The Balaban J connectivity index is 3.08. The van der Waals surface area contributed by atoms with Crippen LogP contribution in [0.2, 0.25) is 5.02 Å². The molecule has 0 aliphatic heterocycles. The maximum Gasteiger partial charge on any atom is 0.0643 e. The van der Waals surface area contributed by atoms with Crippen molar-refractivity contribution in [3.63, 3.8) is 0 Å². The molecule has 1 unspecified atom stereocenters. The lowest BCUT2D eigenvalue weighted by Gasteiger charge is -2.33. The second kappa shape index (κ2) is 7.73. The summed E-state index contributed by atoms with van der Waals surface area (Å²) in [6, 6.07) is 6.32. The highest BCUT2D eigenvalue weighted by Crippen LogP contribution is 2.31. The standard InChI is InChI=1S/C15H25ClN2O/c1-4-13(5-2)18(8-9-19)15-7-6-12(11(3)17)10-14(15)16/h6-7,10-11,13,19H,4-5,8-9,17H2,1-3H3. The Bertz CT molecular complexity index is 392. The van der Waals surface area contributed by atoms with Crippen molar-refractivity contribution in [1.29, 1.82) is 0 Å². The summed E-state index contributed by atoms with van der Waals surface area (Å²) < 4.78 is 0. The van der Waals surface area contributed by atoms with Gasteiger partial charge < -0.3 is 15.7 Å². The number of halogens is 1. The van der Waals surface area contributed by atoms with Crippen molar-refractivity contribution in [1.82, 2.24) is 0 Å². The highest BCUT2D eigenvalue weighted by atomic mass is 35.5. The Hall–Kier alpha value is -0.770. The van der Waals surface area contributed by atoms with Gasteiger partial charge in [0.05, 0.1) is 17.3 Å². The van der Waals surface area contributed by atoms with E-state index < -0.39 is 0 Å². The number of aliphatic hydroxyl groups excluding tert-OH is 1. The van der Waals surface area contributed by atoms with E-state index in [1.165, 1.54) is 0 Å². The molecule has 1 rings (SSSR count). The van der Waals surface area contributed by atoms with Gasteiger partial charge in [-0.1, -0.05) is 31.5 Å². The number of rotatable bonds is 7. The average molecular weight is 285 g/mol. The van der Waals surface area contributed by atoms with Crippen molar-refractivity contribution in [3.05, 3.63) is 28.8 Å². The second-order valence-corrected chi connectivity index (χ2v) is 5.29. The first-order valence-corrected chi connectivity index (χ1v) is 7.35. The molecular formula is C15H25ClN2O. The molecule has 3 N–H and O–H groups in total. The molecule has 1 atom stereocenters. The van der Waals surface area contributed by atoms with Gasteiger partial charge in [-0.15, -0.1) is 0 Å². The zero-order chi connectivity index (χ0) is 14.4. The Labute approximate surface area is 121 Å². The van der Waals surface area contributed by atoms with E-state index in [4.69, 9.17) is 17.3 Å². The molecule has 19 heavy (non-hydrogen) atoms. The summed E-state index contributed by atoms with van der Waals surface area (Å²) in [4.78, 5) is 2.19. The smallest absolute Gasteiger partial charge is 0.0643 e. The molecule has 108 valence electrons. The van der Waals surface area contributed by atoms with Gasteiger partial charge in [0, 0.05) is 18.6 Å². The van der Waals surface area contributed by atoms with Crippen LogP contribution in [0.1, 0.15) is 45.2 Å². The fraction of sp³-hybridized carbons (Fsp3) is 0.600. The van der Waals surface area contributed by atoms with Crippen LogP contribution in [-0.4, -0.2) is 24.3 Å². The number of anilines is 1. The number of nitrogens with two attached hydrogens (primary N) is 1. The summed E-state index contributed by atoms with van der Waals surface area (Å²) in [6.45, 7) is 6.98. The molecule has 0 fully saturated rings. The van der Waals surface area contributed by atoms with E-state index in [-0.39, 0.29) is 12.6 Å². The quantitative estimate of drug-likeness (QED) is 0.807. The van der Waals surface area contributed by atoms with Crippen LogP contribution in [0.3, 0.4) is 0 Å². The lowest BCUT2D eigenvalue weighted by molar-refractivity contribution is 0.296. The number of hydrogen-bond acceptors (Lipinski definition) is 3. The fourth-order valence-corrected chi connectivity index (χ4v) is 2.67. The van der Waals surface area contributed by atoms with E-state index >= 15 is 0 Å². The van der Waals surface area contributed by atoms with E-state index in [1.807, 2.05) is 25.1 Å². The van der Waals surface area contributed by atoms with Gasteiger partial charge in [-0.05, 0) is 37.5 Å². The predicted octanol–water partition coefficient (Wildman–Crippen LogP) is 3.35. The van der Waals surface area contributed by atoms with E-state index in [2.05, 4.69) is 18.7 Å². The molecule has 1 aromatic carbocycles. The Morgan fingerprint density at radius 3 is 2.37 bits per heavy atom. The largest absolute Gasteiger partial charge is 0.395 e. The van der Waals surface area contributed by atoms with Gasteiger partial charge >= 0.3 is 0 Å². The monoisotopic (exact) mass is 284 g/mol. The van der Waals surface area contributed by atoms with Crippen LogP contribution in [0, 0.1) is 0 Å². The number of aliphatic hydroxyl groups is 1. The van der Waals surface area contributed by atoms with E-state index in [9.17, 15) is 5.11 Å². The molecule has 1 aromatic rings. The number of hydrogen-bond donors (Lipinski definition) is 2. The summed E-state index contributed by atoms with van der Waals surface area (Å²) in [5.41, 5.74) is 7.88. The summed E-state index contributed by atoms with van der Waals surface area (Å²) in [5, 5.41) is 9.97. The highest BCUT2D eigenvalue weighted by molar-refractivity contribution is 6.33. The minimum Gasteiger partial charge on any atom is -0.395 e. The van der Waals surface area contributed by atoms with Crippen molar-refractivity contribution >= 4 is 17.3 Å². The molecule has 0 saturated heterocycles. The van der Waals surface area contributed by atoms with Crippen LogP contribution in [0.25, 0.3) is 0 Å². The molecule has 0 saturated carbocycles. The van der Waals surface area contributed by atoms with Crippen molar-refractivity contribution in [2.75, 3.05) is 18.1 Å². The summed E-state index contributed by atoms with van der Waals surface area (Å²) in [5.74, 6) is 0. The minimum atomic E-state index is -0.0222. The molecule has 0 amide bonds. The third-order valence-corrected chi connectivity index (χ3v) is 3.83. The maximum absolute atomic E-state index is 9.27. The Kier molecular flexibility index (Phi) is 6.63. The molecular weight excluding hydrogens is 260 g/mol. The lowest BCUT2D eigenvalue weighted by atomic mass is 10.1.